The van der Waals surface area contributed by atoms with E-state index in [1.807, 2.05) is 6.92 Å². The van der Waals surface area contributed by atoms with E-state index < -0.39 is 6.04 Å². The number of piperidine rings is 1. The topological polar surface area (TPSA) is 93.4 Å². The number of carbonyl (C=O) groups excluding carboxylic acids is 2. The van der Waals surface area contributed by atoms with Gasteiger partial charge in [0.05, 0.1) is 6.61 Å². The van der Waals surface area contributed by atoms with Crippen LogP contribution in [0.2, 0.25) is 0 Å². The molecule has 6 nitrogen and oxygen atoms in total. The van der Waals surface area contributed by atoms with Gasteiger partial charge in [-0.1, -0.05) is 0 Å². The summed E-state index contributed by atoms with van der Waals surface area (Å²) in [4.78, 5) is 23.8. The van der Waals surface area contributed by atoms with E-state index in [0.29, 0.717) is 36.6 Å². The Hall–Kier alpha value is -2.24. The standard InChI is InChI=1S/C14H19N3O3/c1-2-20-11-7-9(6-10(15)8-11)13(18)17-12-4-3-5-16-14(12)19/h6-8,12H,2-5,15H2,1H3,(H,16,19)(H,17,18). The molecule has 1 aromatic rings. The highest BCUT2D eigenvalue weighted by Gasteiger charge is 2.24. The summed E-state index contributed by atoms with van der Waals surface area (Å²) in [6, 6.07) is 4.37. The Morgan fingerprint density at radius 3 is 3.00 bits per heavy atom. The van der Waals surface area contributed by atoms with Crippen LogP contribution < -0.4 is 21.1 Å². The van der Waals surface area contributed by atoms with Gasteiger partial charge >= 0.3 is 0 Å². The summed E-state index contributed by atoms with van der Waals surface area (Å²) in [5, 5.41) is 5.45. The first kappa shape index (κ1) is 14.2. The fourth-order valence-electron chi connectivity index (χ4n) is 2.15. The van der Waals surface area contributed by atoms with Gasteiger partial charge in [-0.15, -0.1) is 0 Å². The highest BCUT2D eigenvalue weighted by Crippen LogP contribution is 2.19. The van der Waals surface area contributed by atoms with Gasteiger partial charge < -0.3 is 21.1 Å². The zero-order chi connectivity index (χ0) is 14.5. The minimum atomic E-state index is -0.478. The van der Waals surface area contributed by atoms with Crippen molar-refractivity contribution in [2.75, 3.05) is 18.9 Å². The summed E-state index contributed by atoms with van der Waals surface area (Å²) in [5.74, 6) is 0.0876. The smallest absolute Gasteiger partial charge is 0.252 e. The van der Waals surface area contributed by atoms with Crippen molar-refractivity contribution in [1.82, 2.24) is 10.6 Å². The minimum absolute atomic E-state index is 0.140. The molecule has 2 amide bonds. The van der Waals surface area contributed by atoms with Crippen LogP contribution in [0.1, 0.15) is 30.1 Å². The number of hydrogen-bond donors (Lipinski definition) is 3. The molecule has 1 heterocycles. The molecule has 1 unspecified atom stereocenters. The van der Waals surface area contributed by atoms with E-state index in [1.54, 1.807) is 18.2 Å². The number of nitrogens with one attached hydrogen (secondary N) is 2. The molecule has 0 saturated carbocycles. The maximum absolute atomic E-state index is 12.2. The van der Waals surface area contributed by atoms with E-state index in [-0.39, 0.29) is 11.8 Å². The number of benzene rings is 1. The summed E-state index contributed by atoms with van der Waals surface area (Å²) in [6.07, 6.45) is 1.51. The lowest BCUT2D eigenvalue weighted by atomic mass is 10.1. The molecule has 0 radical (unpaired) electrons. The fraction of sp³-hybridized carbons (Fsp3) is 0.429. The Morgan fingerprint density at radius 2 is 2.30 bits per heavy atom. The SMILES string of the molecule is CCOc1cc(N)cc(C(=O)NC2CCCNC2=O)c1. The summed E-state index contributed by atoms with van der Waals surface area (Å²) in [7, 11) is 0. The van der Waals surface area contributed by atoms with Crippen molar-refractivity contribution in [3.8, 4) is 5.75 Å². The monoisotopic (exact) mass is 277 g/mol. The molecule has 1 aliphatic rings. The quantitative estimate of drug-likeness (QED) is 0.705. The second kappa shape index (κ2) is 6.27. The lowest BCUT2D eigenvalue weighted by Crippen LogP contribution is -2.50. The third-order valence-electron chi connectivity index (χ3n) is 3.09. The molecule has 1 atom stereocenters. The van der Waals surface area contributed by atoms with Gasteiger partial charge in [0.15, 0.2) is 0 Å². The van der Waals surface area contributed by atoms with Crippen LogP contribution in [-0.4, -0.2) is 31.0 Å². The van der Waals surface area contributed by atoms with Crippen molar-refractivity contribution in [2.45, 2.75) is 25.8 Å². The summed E-state index contributed by atoms with van der Waals surface area (Å²) in [6.45, 7) is 3.02. The maximum Gasteiger partial charge on any atom is 0.252 e. The molecule has 4 N–H and O–H groups in total. The molecule has 0 bridgehead atoms. The van der Waals surface area contributed by atoms with Gasteiger partial charge in [-0.2, -0.15) is 0 Å². The molecule has 2 rings (SSSR count). The van der Waals surface area contributed by atoms with Crippen LogP contribution in [0.3, 0.4) is 0 Å². The molecule has 1 aliphatic heterocycles. The first-order chi connectivity index (χ1) is 9.60. The van der Waals surface area contributed by atoms with Crippen molar-refractivity contribution in [1.29, 1.82) is 0 Å². The van der Waals surface area contributed by atoms with Crippen LogP contribution >= 0.6 is 0 Å². The molecule has 1 saturated heterocycles. The third kappa shape index (κ3) is 3.40. The summed E-state index contributed by atoms with van der Waals surface area (Å²) < 4.78 is 5.35. The molecule has 0 aliphatic carbocycles. The highest BCUT2D eigenvalue weighted by molar-refractivity contribution is 5.98. The minimum Gasteiger partial charge on any atom is -0.494 e. The second-order valence-electron chi connectivity index (χ2n) is 4.68. The van der Waals surface area contributed by atoms with Crippen LogP contribution in [0.15, 0.2) is 18.2 Å². The van der Waals surface area contributed by atoms with Gasteiger partial charge in [-0.05, 0) is 31.9 Å². The number of ether oxygens (including phenoxy) is 1. The van der Waals surface area contributed by atoms with Gasteiger partial charge in [0.2, 0.25) is 5.91 Å². The Kier molecular flexibility index (Phi) is 4.45. The predicted octanol–water partition coefficient (Wildman–Crippen LogP) is 0.676. The van der Waals surface area contributed by atoms with E-state index in [1.165, 1.54) is 0 Å². The van der Waals surface area contributed by atoms with E-state index in [0.717, 1.165) is 6.42 Å². The molecule has 20 heavy (non-hydrogen) atoms. The zero-order valence-electron chi connectivity index (χ0n) is 11.4. The molecule has 6 heteroatoms. The molecule has 0 aromatic heterocycles. The van der Waals surface area contributed by atoms with Crippen LogP contribution in [0.5, 0.6) is 5.75 Å². The largest absolute Gasteiger partial charge is 0.494 e. The van der Waals surface area contributed by atoms with Crippen molar-refractivity contribution in [3.05, 3.63) is 23.8 Å². The molecular weight excluding hydrogens is 258 g/mol. The van der Waals surface area contributed by atoms with Gasteiger partial charge in [-0.25, -0.2) is 0 Å². The normalized spacial score (nSPS) is 18.2. The number of nitrogens with two attached hydrogens (primary N) is 1. The maximum atomic E-state index is 12.2. The lowest BCUT2D eigenvalue weighted by molar-refractivity contribution is -0.124. The second-order valence-corrected chi connectivity index (χ2v) is 4.68. The number of nitrogen functional groups attached to an aromatic ring is 1. The average molecular weight is 277 g/mol. The van der Waals surface area contributed by atoms with Crippen LogP contribution in [0.25, 0.3) is 0 Å². The Bertz CT molecular complexity index is 516. The predicted molar refractivity (Wildman–Crippen MR) is 75.5 cm³/mol. The molecule has 1 aromatic carbocycles. The fourth-order valence-corrected chi connectivity index (χ4v) is 2.15. The number of anilines is 1. The van der Waals surface area contributed by atoms with Crippen molar-refractivity contribution < 1.29 is 14.3 Å². The summed E-state index contributed by atoms with van der Waals surface area (Å²) >= 11 is 0. The van der Waals surface area contributed by atoms with Crippen LogP contribution in [0.4, 0.5) is 5.69 Å². The molecular formula is C14H19N3O3. The number of carbonyl (C=O) groups is 2. The van der Waals surface area contributed by atoms with Gasteiger partial charge in [0.1, 0.15) is 11.8 Å². The summed E-state index contributed by atoms with van der Waals surface area (Å²) in [5.41, 5.74) is 6.60. The third-order valence-corrected chi connectivity index (χ3v) is 3.09. The van der Waals surface area contributed by atoms with Crippen LogP contribution in [-0.2, 0) is 4.79 Å². The molecule has 1 fully saturated rings. The number of hydrogen-bond acceptors (Lipinski definition) is 4. The molecule has 108 valence electrons. The number of rotatable bonds is 4. The van der Waals surface area contributed by atoms with Crippen molar-refractivity contribution in [2.24, 2.45) is 0 Å². The molecule has 0 spiro atoms. The van der Waals surface area contributed by atoms with E-state index in [2.05, 4.69) is 10.6 Å². The first-order valence-electron chi connectivity index (χ1n) is 6.72. The lowest BCUT2D eigenvalue weighted by Gasteiger charge is -2.22. The Labute approximate surface area is 117 Å². The first-order valence-corrected chi connectivity index (χ1v) is 6.72. The van der Waals surface area contributed by atoms with E-state index in [9.17, 15) is 9.59 Å². The van der Waals surface area contributed by atoms with Crippen molar-refractivity contribution >= 4 is 17.5 Å². The highest BCUT2D eigenvalue weighted by atomic mass is 16.5. The van der Waals surface area contributed by atoms with E-state index in [4.69, 9.17) is 10.5 Å². The van der Waals surface area contributed by atoms with Gasteiger partial charge in [-0.3, -0.25) is 9.59 Å². The van der Waals surface area contributed by atoms with E-state index >= 15 is 0 Å². The zero-order valence-corrected chi connectivity index (χ0v) is 11.4. The average Bonchev–Trinajstić information content (AvgIpc) is 2.41. The Morgan fingerprint density at radius 1 is 1.50 bits per heavy atom. The Balaban J connectivity index is 2.10. The van der Waals surface area contributed by atoms with Crippen LogP contribution in [0, 0.1) is 0 Å². The van der Waals surface area contributed by atoms with Gasteiger partial charge in [0.25, 0.3) is 5.91 Å². The van der Waals surface area contributed by atoms with Crippen molar-refractivity contribution in [3.63, 3.8) is 0 Å². The number of amides is 2. The van der Waals surface area contributed by atoms with Gasteiger partial charge in [0, 0.05) is 23.9 Å².